The van der Waals surface area contributed by atoms with Crippen LogP contribution in [0.4, 0.5) is 13.2 Å². The molecule has 0 aromatic heterocycles. The van der Waals surface area contributed by atoms with E-state index in [0.717, 1.165) is 26.6 Å². The summed E-state index contributed by atoms with van der Waals surface area (Å²) >= 11 is 6.80. The van der Waals surface area contributed by atoms with E-state index in [9.17, 15) is 13.2 Å². The third-order valence-corrected chi connectivity index (χ3v) is 4.23. The van der Waals surface area contributed by atoms with Crippen molar-refractivity contribution in [3.63, 3.8) is 0 Å². The Morgan fingerprint density at radius 1 is 1.05 bits per heavy atom. The molecule has 0 radical (unpaired) electrons. The van der Waals surface area contributed by atoms with Crippen molar-refractivity contribution in [2.24, 2.45) is 0 Å². The molecule has 0 bridgehead atoms. The SMILES string of the molecule is CCNC(c1cc(F)c(F)c(F)c1)c1cc(Br)ccc1Br. The minimum atomic E-state index is -1.46. The highest BCUT2D eigenvalue weighted by molar-refractivity contribution is 9.11. The van der Waals surface area contributed by atoms with Crippen molar-refractivity contribution in [3.8, 4) is 0 Å². The maximum atomic E-state index is 13.5. The first-order valence-electron chi connectivity index (χ1n) is 6.26. The average Bonchev–Trinajstić information content (AvgIpc) is 2.44. The molecule has 0 heterocycles. The molecular weight excluding hydrogens is 411 g/mol. The highest BCUT2D eigenvalue weighted by Crippen LogP contribution is 2.32. The van der Waals surface area contributed by atoms with Gasteiger partial charge in [0.05, 0.1) is 6.04 Å². The van der Waals surface area contributed by atoms with Crippen LogP contribution in [0.2, 0.25) is 0 Å². The van der Waals surface area contributed by atoms with Crippen LogP contribution in [0.1, 0.15) is 24.1 Å². The first kappa shape index (κ1) is 16.5. The molecule has 0 aliphatic rings. The van der Waals surface area contributed by atoms with E-state index in [1.165, 1.54) is 0 Å². The molecule has 0 spiro atoms. The average molecular weight is 423 g/mol. The van der Waals surface area contributed by atoms with Crippen LogP contribution in [0.15, 0.2) is 39.3 Å². The van der Waals surface area contributed by atoms with E-state index in [-0.39, 0.29) is 0 Å². The van der Waals surface area contributed by atoms with E-state index in [4.69, 9.17) is 0 Å². The number of nitrogens with one attached hydrogen (secondary N) is 1. The van der Waals surface area contributed by atoms with Crippen molar-refractivity contribution in [3.05, 3.63) is 67.9 Å². The summed E-state index contributed by atoms with van der Waals surface area (Å²) in [6, 6.07) is 7.10. The van der Waals surface area contributed by atoms with E-state index in [2.05, 4.69) is 37.2 Å². The van der Waals surface area contributed by atoms with E-state index >= 15 is 0 Å². The Hall–Kier alpha value is -0.850. The molecule has 112 valence electrons. The summed E-state index contributed by atoms with van der Waals surface area (Å²) in [5, 5.41) is 3.15. The molecule has 1 N–H and O–H groups in total. The highest BCUT2D eigenvalue weighted by Gasteiger charge is 2.20. The Morgan fingerprint density at radius 3 is 2.24 bits per heavy atom. The second-order valence-electron chi connectivity index (χ2n) is 4.46. The van der Waals surface area contributed by atoms with Gasteiger partial charge in [0, 0.05) is 8.95 Å². The standard InChI is InChI=1S/C15H12Br2F3N/c1-2-21-15(10-7-9(16)3-4-11(10)17)8-5-12(18)14(20)13(19)6-8/h3-7,15,21H,2H2,1H3. The van der Waals surface area contributed by atoms with Gasteiger partial charge in [-0.3, -0.25) is 0 Å². The Kier molecular flexibility index (Phi) is 5.46. The van der Waals surface area contributed by atoms with Crippen molar-refractivity contribution in [1.82, 2.24) is 5.32 Å². The van der Waals surface area contributed by atoms with Crippen molar-refractivity contribution in [2.45, 2.75) is 13.0 Å². The Bertz CT molecular complexity index is 638. The van der Waals surface area contributed by atoms with Crippen LogP contribution in [-0.4, -0.2) is 6.54 Å². The Balaban J connectivity index is 2.56. The van der Waals surface area contributed by atoms with Crippen LogP contribution in [-0.2, 0) is 0 Å². The lowest BCUT2D eigenvalue weighted by atomic mass is 9.98. The lowest BCUT2D eigenvalue weighted by molar-refractivity contribution is 0.442. The van der Waals surface area contributed by atoms with Crippen molar-refractivity contribution in [2.75, 3.05) is 6.54 Å². The van der Waals surface area contributed by atoms with Gasteiger partial charge in [-0.1, -0.05) is 38.8 Å². The van der Waals surface area contributed by atoms with Gasteiger partial charge in [0.15, 0.2) is 17.5 Å². The molecule has 0 saturated heterocycles. The third kappa shape index (κ3) is 3.67. The zero-order valence-corrected chi connectivity index (χ0v) is 14.2. The molecule has 0 aliphatic heterocycles. The monoisotopic (exact) mass is 421 g/mol. The summed E-state index contributed by atoms with van der Waals surface area (Å²) in [5.41, 5.74) is 1.13. The van der Waals surface area contributed by atoms with E-state index in [0.29, 0.717) is 12.1 Å². The maximum Gasteiger partial charge on any atom is 0.194 e. The number of hydrogen-bond acceptors (Lipinski definition) is 1. The fourth-order valence-corrected chi connectivity index (χ4v) is 2.94. The maximum absolute atomic E-state index is 13.5. The summed E-state index contributed by atoms with van der Waals surface area (Å²) in [5.74, 6) is -3.85. The van der Waals surface area contributed by atoms with E-state index in [1.54, 1.807) is 0 Å². The molecule has 1 atom stereocenters. The van der Waals surface area contributed by atoms with Gasteiger partial charge in [0.1, 0.15) is 0 Å². The molecule has 0 aliphatic carbocycles. The summed E-state index contributed by atoms with van der Waals surface area (Å²) in [7, 11) is 0. The fraction of sp³-hybridized carbons (Fsp3) is 0.200. The normalized spacial score (nSPS) is 12.5. The lowest BCUT2D eigenvalue weighted by Gasteiger charge is -2.21. The van der Waals surface area contributed by atoms with E-state index in [1.807, 2.05) is 25.1 Å². The number of halogens is 5. The first-order chi connectivity index (χ1) is 9.93. The molecule has 1 nitrogen and oxygen atoms in total. The smallest absolute Gasteiger partial charge is 0.194 e. The molecule has 0 fully saturated rings. The van der Waals surface area contributed by atoms with Crippen LogP contribution in [0, 0.1) is 17.5 Å². The zero-order valence-electron chi connectivity index (χ0n) is 11.1. The van der Waals surface area contributed by atoms with Gasteiger partial charge in [0.2, 0.25) is 0 Å². The molecule has 6 heteroatoms. The predicted molar refractivity (Wildman–Crippen MR) is 83.7 cm³/mol. The minimum Gasteiger partial charge on any atom is -0.306 e. The van der Waals surface area contributed by atoms with E-state index < -0.39 is 23.5 Å². The van der Waals surface area contributed by atoms with Crippen LogP contribution in [0.25, 0.3) is 0 Å². The third-order valence-electron chi connectivity index (χ3n) is 3.02. The van der Waals surface area contributed by atoms with Gasteiger partial charge in [-0.05, 0) is 48.0 Å². The molecule has 1 unspecified atom stereocenters. The Labute approximate surface area is 137 Å². The molecule has 2 aromatic carbocycles. The van der Waals surface area contributed by atoms with Gasteiger partial charge in [-0.2, -0.15) is 0 Å². The number of benzene rings is 2. The minimum absolute atomic E-state index is 0.326. The number of hydrogen-bond donors (Lipinski definition) is 1. The van der Waals surface area contributed by atoms with Crippen molar-refractivity contribution < 1.29 is 13.2 Å². The second-order valence-corrected chi connectivity index (χ2v) is 6.23. The highest BCUT2D eigenvalue weighted by atomic mass is 79.9. The zero-order chi connectivity index (χ0) is 15.6. The van der Waals surface area contributed by atoms with Gasteiger partial charge in [-0.15, -0.1) is 0 Å². The molecule has 21 heavy (non-hydrogen) atoms. The molecular formula is C15H12Br2F3N. The quantitative estimate of drug-likeness (QED) is 0.656. The first-order valence-corrected chi connectivity index (χ1v) is 7.85. The van der Waals surface area contributed by atoms with Gasteiger partial charge in [-0.25, -0.2) is 13.2 Å². The van der Waals surface area contributed by atoms with Crippen molar-refractivity contribution >= 4 is 31.9 Å². The van der Waals surface area contributed by atoms with Crippen LogP contribution >= 0.6 is 31.9 Å². The van der Waals surface area contributed by atoms with Crippen molar-refractivity contribution in [1.29, 1.82) is 0 Å². The summed E-state index contributed by atoms with van der Waals surface area (Å²) in [4.78, 5) is 0. The Morgan fingerprint density at radius 2 is 1.67 bits per heavy atom. The number of rotatable bonds is 4. The second kappa shape index (κ2) is 6.94. The van der Waals surface area contributed by atoms with Gasteiger partial charge >= 0.3 is 0 Å². The summed E-state index contributed by atoms with van der Waals surface area (Å²) < 4.78 is 41.7. The summed E-state index contributed by atoms with van der Waals surface area (Å²) in [6.45, 7) is 2.47. The van der Waals surface area contributed by atoms with Gasteiger partial charge < -0.3 is 5.32 Å². The largest absolute Gasteiger partial charge is 0.306 e. The van der Waals surface area contributed by atoms with Crippen LogP contribution in [0.5, 0.6) is 0 Å². The topological polar surface area (TPSA) is 12.0 Å². The molecule has 0 amide bonds. The summed E-state index contributed by atoms with van der Waals surface area (Å²) in [6.07, 6.45) is 0. The van der Waals surface area contributed by atoms with Gasteiger partial charge in [0.25, 0.3) is 0 Å². The predicted octanol–water partition coefficient (Wildman–Crippen LogP) is 5.33. The molecule has 0 saturated carbocycles. The molecule has 2 aromatic rings. The lowest BCUT2D eigenvalue weighted by Crippen LogP contribution is -2.23. The van der Waals surface area contributed by atoms with Crippen LogP contribution in [0.3, 0.4) is 0 Å². The van der Waals surface area contributed by atoms with Crippen LogP contribution < -0.4 is 5.32 Å². The molecule has 2 rings (SSSR count). The fourth-order valence-electron chi connectivity index (χ4n) is 2.09.